The van der Waals surface area contributed by atoms with Crippen LogP contribution in [0.5, 0.6) is 5.75 Å². The number of benzene rings is 4. The van der Waals surface area contributed by atoms with Crippen molar-refractivity contribution >= 4 is 21.7 Å². The molecule has 1 aliphatic rings. The van der Waals surface area contributed by atoms with Crippen LogP contribution in [-0.4, -0.2) is 9.97 Å². The maximum atomic E-state index is 5.78. The zero-order valence-electron chi connectivity index (χ0n) is 18.7. The number of rotatable bonds is 1. The van der Waals surface area contributed by atoms with Crippen molar-refractivity contribution in [1.82, 2.24) is 9.97 Å². The van der Waals surface area contributed by atoms with Crippen LogP contribution in [0.2, 0.25) is 0 Å². The first-order valence-electron chi connectivity index (χ1n) is 11.2. The molecule has 4 aromatic carbocycles. The summed E-state index contributed by atoms with van der Waals surface area (Å²) in [5.41, 5.74) is 6.13. The van der Waals surface area contributed by atoms with Crippen LogP contribution < -0.4 is 4.74 Å². The molecule has 0 aliphatic carbocycles. The molecule has 0 fully saturated rings. The van der Waals surface area contributed by atoms with E-state index in [2.05, 4.69) is 47.4 Å². The van der Waals surface area contributed by atoms with Crippen molar-refractivity contribution in [1.29, 1.82) is 0 Å². The van der Waals surface area contributed by atoms with E-state index in [4.69, 9.17) is 9.72 Å². The Morgan fingerprint density at radius 3 is 2.40 bits per heavy atom. The fourth-order valence-corrected chi connectivity index (χ4v) is 4.23. The smallest absolute Gasteiger partial charge is 0.104 e. The number of hydrogen-bond donors (Lipinski definition) is 0. The molecule has 0 amide bonds. The summed E-state index contributed by atoms with van der Waals surface area (Å²) in [5.74, 6) is 0.851. The van der Waals surface area contributed by atoms with Gasteiger partial charge in [0.2, 0.25) is 0 Å². The molecule has 0 bridgehead atoms. The molecule has 3 nitrogen and oxygen atoms in total. The Kier molecular flexibility index (Phi) is 6.67. The molecule has 1 aliphatic heterocycles. The Bertz CT molecular complexity index is 1610. The van der Waals surface area contributed by atoms with Crippen LogP contribution in [0, 0.1) is 12.1 Å². The average molecular weight is 629 g/mol. The van der Waals surface area contributed by atoms with E-state index in [0.29, 0.717) is 6.61 Å². The summed E-state index contributed by atoms with van der Waals surface area (Å²) < 4.78 is 5.78. The van der Waals surface area contributed by atoms with Crippen molar-refractivity contribution < 1.29 is 24.8 Å². The first-order chi connectivity index (χ1) is 16.9. The van der Waals surface area contributed by atoms with Gasteiger partial charge in [0.1, 0.15) is 5.75 Å². The minimum atomic E-state index is 0. The molecular weight excluding hydrogens is 609 g/mol. The van der Waals surface area contributed by atoms with Gasteiger partial charge in [-0.1, -0.05) is 48.0 Å². The summed E-state index contributed by atoms with van der Waals surface area (Å²) in [4.78, 5) is 9.15. The topological polar surface area (TPSA) is 35.0 Å². The second-order valence-corrected chi connectivity index (χ2v) is 8.04. The van der Waals surface area contributed by atoms with Crippen molar-refractivity contribution in [2.24, 2.45) is 0 Å². The van der Waals surface area contributed by atoms with E-state index in [1.807, 2.05) is 79.0 Å². The predicted octanol–water partition coefficient (Wildman–Crippen LogP) is 7.29. The van der Waals surface area contributed by atoms with E-state index >= 15 is 0 Å². The summed E-state index contributed by atoms with van der Waals surface area (Å²) in [6.07, 6.45) is 1.85. The van der Waals surface area contributed by atoms with Gasteiger partial charge < -0.3 is 9.72 Å². The van der Waals surface area contributed by atoms with Gasteiger partial charge in [-0.2, -0.15) is 0 Å². The van der Waals surface area contributed by atoms with Crippen LogP contribution in [0.3, 0.4) is 0 Å². The largest absolute Gasteiger partial charge is 0.506 e. The number of fused-ring (bicyclic) bond motifs is 5. The molecule has 3 heterocycles. The van der Waals surface area contributed by atoms with Crippen LogP contribution in [-0.2, 0) is 26.7 Å². The number of para-hydroxylation sites is 1. The van der Waals surface area contributed by atoms with E-state index in [0.717, 1.165) is 44.7 Å². The minimum Gasteiger partial charge on any atom is -0.506 e. The van der Waals surface area contributed by atoms with Crippen LogP contribution in [0.1, 0.15) is 5.56 Å². The van der Waals surface area contributed by atoms with Crippen LogP contribution in [0.4, 0.5) is 0 Å². The molecule has 2 aromatic heterocycles. The van der Waals surface area contributed by atoms with Crippen molar-refractivity contribution in [2.45, 2.75) is 6.61 Å². The fraction of sp³-hybridized carbons (Fsp3) is 0.0323. The number of aromatic nitrogens is 2. The van der Waals surface area contributed by atoms with Gasteiger partial charge >= 0.3 is 0 Å². The zero-order valence-corrected chi connectivity index (χ0v) is 21.1. The van der Waals surface area contributed by atoms with Crippen LogP contribution >= 0.6 is 0 Å². The summed E-state index contributed by atoms with van der Waals surface area (Å²) in [5, 5.41) is 3.49. The maximum absolute atomic E-state index is 5.78. The third-order valence-electron chi connectivity index (χ3n) is 5.89. The van der Waals surface area contributed by atoms with Gasteiger partial charge in [0.25, 0.3) is 0 Å². The predicted molar refractivity (Wildman–Crippen MR) is 136 cm³/mol. The first kappa shape index (κ1) is 22.9. The van der Waals surface area contributed by atoms with Gasteiger partial charge in [0, 0.05) is 37.4 Å². The standard InChI is InChI=1S/C16H10NO.C15H10N.Ir/c1-3-7-13-12(6-1)10-18-15-9-11-5-2-4-8-14(11)17-16(13)15;1-2-7-13(8-3-1)15-14-9-5-4-6-12(14)10-11-16-15;/h1-6,8-9H,10H2;1-7,9-11H;/q2*-1;. The average Bonchev–Trinajstić information content (AvgIpc) is 2.92. The number of nitrogens with zero attached hydrogens (tertiary/aromatic N) is 2. The molecule has 0 unspecified atom stereocenters. The van der Waals surface area contributed by atoms with Crippen molar-refractivity contribution in [3.8, 4) is 28.3 Å². The molecule has 0 saturated heterocycles. The van der Waals surface area contributed by atoms with E-state index < -0.39 is 0 Å². The molecule has 6 aromatic rings. The quantitative estimate of drug-likeness (QED) is 0.180. The van der Waals surface area contributed by atoms with Gasteiger partial charge in [-0.25, -0.2) is 0 Å². The third kappa shape index (κ3) is 4.59. The van der Waals surface area contributed by atoms with Gasteiger partial charge in [-0.05, 0) is 34.7 Å². The van der Waals surface area contributed by atoms with Gasteiger partial charge in [0.15, 0.2) is 0 Å². The molecule has 1 radical (unpaired) electrons. The summed E-state index contributed by atoms with van der Waals surface area (Å²) >= 11 is 0. The normalized spacial score (nSPS) is 11.3. The minimum absolute atomic E-state index is 0. The zero-order chi connectivity index (χ0) is 22.7. The third-order valence-corrected chi connectivity index (χ3v) is 5.89. The summed E-state index contributed by atoms with van der Waals surface area (Å²) in [6, 6.07) is 40.8. The maximum Gasteiger partial charge on any atom is 0.104 e. The number of hydrogen-bond acceptors (Lipinski definition) is 3. The molecule has 0 atom stereocenters. The first-order valence-corrected chi connectivity index (χ1v) is 11.2. The van der Waals surface area contributed by atoms with Gasteiger partial charge in [0.05, 0.1) is 12.1 Å². The van der Waals surface area contributed by atoms with E-state index in [-0.39, 0.29) is 20.1 Å². The Morgan fingerprint density at radius 2 is 1.51 bits per heavy atom. The van der Waals surface area contributed by atoms with Crippen LogP contribution in [0.15, 0.2) is 109 Å². The molecule has 0 saturated carbocycles. The Morgan fingerprint density at radius 1 is 0.714 bits per heavy atom. The SMILES string of the molecule is [Ir].[c-]1cccc2c1-c1nc3ccccc3cc1OC2.[c-]1ccccc1-c1nccc2ccccc12. The van der Waals surface area contributed by atoms with E-state index in [1.54, 1.807) is 0 Å². The summed E-state index contributed by atoms with van der Waals surface area (Å²) in [7, 11) is 0. The van der Waals surface area contributed by atoms with E-state index in [9.17, 15) is 0 Å². The Labute approximate surface area is 217 Å². The fourth-order valence-electron chi connectivity index (χ4n) is 4.23. The second-order valence-electron chi connectivity index (χ2n) is 8.04. The monoisotopic (exact) mass is 629 g/mol. The van der Waals surface area contributed by atoms with Crippen molar-refractivity contribution in [3.63, 3.8) is 0 Å². The van der Waals surface area contributed by atoms with Crippen molar-refractivity contribution in [2.75, 3.05) is 0 Å². The molecular formula is C31H20IrN2O-2. The molecule has 7 rings (SSSR count). The van der Waals surface area contributed by atoms with Gasteiger partial charge in [-0.15, -0.1) is 65.7 Å². The number of pyridine rings is 2. The van der Waals surface area contributed by atoms with Crippen LogP contribution in [0.25, 0.3) is 44.2 Å². The van der Waals surface area contributed by atoms with E-state index in [1.165, 1.54) is 10.8 Å². The molecule has 4 heteroatoms. The molecule has 35 heavy (non-hydrogen) atoms. The Balaban J connectivity index is 0.000000142. The second kappa shape index (κ2) is 10.2. The Hall–Kier alpha value is -3.85. The van der Waals surface area contributed by atoms with Gasteiger partial charge in [-0.3, -0.25) is 4.98 Å². The van der Waals surface area contributed by atoms with Crippen molar-refractivity contribution in [3.05, 3.63) is 127 Å². The molecule has 0 N–H and O–H groups in total. The number of ether oxygens (including phenoxy) is 1. The molecule has 171 valence electrons. The summed E-state index contributed by atoms with van der Waals surface area (Å²) in [6.45, 7) is 0.597. The molecule has 0 spiro atoms.